The Bertz CT molecular complexity index is 2390. The predicted molar refractivity (Wildman–Crippen MR) is 256 cm³/mol. The van der Waals surface area contributed by atoms with Crippen molar-refractivity contribution in [3.8, 4) is 0 Å². The number of fused-ring (bicyclic) bond motifs is 5. The average molecular weight is 956 g/mol. The third-order valence-corrected chi connectivity index (χ3v) is 14.6. The quantitative estimate of drug-likeness (QED) is 0.155. The summed E-state index contributed by atoms with van der Waals surface area (Å²) in [5.41, 5.74) is 13.5. The molecule has 0 spiro atoms. The Balaban J connectivity index is 0.000000230. The monoisotopic (exact) mass is 952 g/mol. The van der Waals surface area contributed by atoms with Gasteiger partial charge in [0, 0.05) is 10.8 Å². The first-order valence-electron chi connectivity index (χ1n) is 20.8. The molecule has 0 saturated heterocycles. The molecule has 318 valence electrons. The normalized spacial score (nSPS) is 17.0. The van der Waals surface area contributed by atoms with E-state index in [1.165, 1.54) is 71.6 Å². The second-order valence-electron chi connectivity index (χ2n) is 20.7. The molecule has 0 nitrogen and oxygen atoms in total. The zero-order chi connectivity index (χ0) is 42.6. The van der Waals surface area contributed by atoms with Crippen LogP contribution in [0.3, 0.4) is 0 Å². The maximum atomic E-state index is 5.84. The fourth-order valence-corrected chi connectivity index (χ4v) is 10.6. The summed E-state index contributed by atoms with van der Waals surface area (Å²) in [6, 6.07) is 28.3. The van der Waals surface area contributed by atoms with Gasteiger partial charge in [-0.1, -0.05) is 144 Å². The standard InChI is InChI=1S/C31H37.C10H15.2C7H5Cl.2ClH.Zr/c1-28(2,3)26-16-30(7,8)24-12-18-11-19-13-25-23(15-21(19)20(18)14-22(24)26)27(29(4,5)6)17-31(25,9)10;1-8-5-6-9(7-8)10(2,3)4;2*1-6-2-4-7(8)5-3-6;;;/h11-17H,1-10H3;6-8H,1-4H3;2*1-5H;2*1H;/q2*-1;;;;;/p-2. The van der Waals surface area contributed by atoms with Crippen molar-refractivity contribution in [2.24, 2.45) is 22.2 Å². The van der Waals surface area contributed by atoms with Gasteiger partial charge in [0.25, 0.3) is 0 Å². The molecule has 1 atom stereocenters. The second kappa shape index (κ2) is 18.7. The molecule has 60 heavy (non-hydrogen) atoms. The number of hydrogen-bond acceptors (Lipinski definition) is 0. The van der Waals surface area contributed by atoms with E-state index in [1.807, 2.05) is 24.3 Å². The summed E-state index contributed by atoms with van der Waals surface area (Å²) in [5, 5.41) is 7.15. The maximum absolute atomic E-state index is 5.84. The zero-order valence-electron chi connectivity index (χ0n) is 38.1. The second-order valence-corrected chi connectivity index (χ2v) is 23.8. The van der Waals surface area contributed by atoms with Crippen molar-refractivity contribution in [3.05, 3.63) is 158 Å². The molecule has 0 N–H and O–H groups in total. The van der Waals surface area contributed by atoms with Crippen LogP contribution in [0.2, 0.25) is 10.0 Å². The van der Waals surface area contributed by atoms with E-state index >= 15 is 0 Å². The summed E-state index contributed by atoms with van der Waals surface area (Å²) in [5.74, 6) is 0.522. The molecular weight excluding hydrogens is 894 g/mol. The van der Waals surface area contributed by atoms with Crippen LogP contribution in [0.15, 0.2) is 109 Å². The van der Waals surface area contributed by atoms with E-state index in [-0.39, 0.29) is 46.5 Å². The molecule has 0 saturated carbocycles. The minimum absolute atomic E-state index is 0. The van der Waals surface area contributed by atoms with Gasteiger partial charge in [-0.15, -0.1) is 39.7 Å². The number of rotatable bonds is 2. The zero-order valence-corrected chi connectivity index (χ0v) is 43.5. The van der Waals surface area contributed by atoms with Gasteiger partial charge in [0.05, 0.1) is 0 Å². The molecule has 0 radical (unpaired) electrons. The molecule has 8 rings (SSSR count). The number of benzene rings is 4. The maximum Gasteiger partial charge on any atom is -1.00 e. The molecular formula is C55H62Cl4Zr-4. The number of allylic oxidation sites excluding steroid dienone is 8. The third kappa shape index (κ3) is 11.4. The first kappa shape index (κ1) is 50.1. The topological polar surface area (TPSA) is 0 Å². The molecule has 0 bridgehead atoms. The van der Waals surface area contributed by atoms with Gasteiger partial charge in [0.2, 0.25) is 0 Å². The largest absolute Gasteiger partial charge is 1.00 e. The molecule has 5 aromatic rings. The van der Waals surface area contributed by atoms with E-state index in [2.05, 4.69) is 189 Å². The van der Waals surface area contributed by atoms with Crippen LogP contribution < -0.4 is 24.8 Å². The minimum atomic E-state index is -0.623. The summed E-state index contributed by atoms with van der Waals surface area (Å²) < 4.78 is 4.66. The van der Waals surface area contributed by atoms with Gasteiger partial charge in [-0.25, -0.2) is 6.08 Å². The SMILES string of the molecule is CC(C)(C)C1=CC(C)(C)c2cc3[cH-]c4cc5c(cc4c3cc21)C(C(C)(C)C)=CC5(C)C.CC1[C-]=CC(C(C)(C)C)=C1.Clc1ccc([CH]=[Zr]=[CH]c2ccc(Cl)cc2)cc1.[Cl-].[Cl-]. The number of halogens is 4. The Kier molecular flexibility index (Phi) is 15.6. The Labute approximate surface area is 395 Å². The summed E-state index contributed by atoms with van der Waals surface area (Å²) >= 11 is 11.0. The fraction of sp³-hybridized carbons (Fsp3) is 0.364. The number of hydrogen-bond donors (Lipinski definition) is 0. The third-order valence-electron chi connectivity index (χ3n) is 11.6. The van der Waals surface area contributed by atoms with Crippen LogP contribution in [0.4, 0.5) is 0 Å². The smallest absolute Gasteiger partial charge is 1.00 e. The van der Waals surface area contributed by atoms with Gasteiger partial charge in [-0.3, -0.25) is 6.08 Å². The molecule has 0 aromatic heterocycles. The molecule has 5 aromatic carbocycles. The van der Waals surface area contributed by atoms with Gasteiger partial charge in [0.15, 0.2) is 0 Å². The van der Waals surface area contributed by atoms with Crippen LogP contribution in [-0.2, 0) is 33.1 Å². The summed E-state index contributed by atoms with van der Waals surface area (Å²) in [7, 11) is 0. The summed E-state index contributed by atoms with van der Waals surface area (Å²) in [6.45, 7) is 32.3. The van der Waals surface area contributed by atoms with Crippen molar-refractivity contribution >= 4 is 63.3 Å². The summed E-state index contributed by atoms with van der Waals surface area (Å²) in [6.07, 6.45) is 12.7. The van der Waals surface area contributed by atoms with Gasteiger partial charge >= 0.3 is 123 Å². The van der Waals surface area contributed by atoms with E-state index in [0.29, 0.717) is 11.3 Å². The Hall–Kier alpha value is -2.51. The Morgan fingerprint density at radius 1 is 0.600 bits per heavy atom. The van der Waals surface area contributed by atoms with Crippen LogP contribution >= 0.6 is 23.2 Å². The van der Waals surface area contributed by atoms with E-state index in [9.17, 15) is 0 Å². The van der Waals surface area contributed by atoms with Crippen LogP contribution in [0.5, 0.6) is 0 Å². The fourth-order valence-electron chi connectivity index (χ4n) is 8.30. The first-order chi connectivity index (χ1) is 26.8. The molecule has 0 aliphatic heterocycles. The first-order valence-corrected chi connectivity index (χ1v) is 24.4. The van der Waals surface area contributed by atoms with Crippen molar-refractivity contribution < 1.29 is 47.1 Å². The Morgan fingerprint density at radius 2 is 0.983 bits per heavy atom. The van der Waals surface area contributed by atoms with Crippen molar-refractivity contribution in [2.75, 3.05) is 0 Å². The molecule has 3 aliphatic rings. The van der Waals surface area contributed by atoms with Crippen LogP contribution in [0.25, 0.3) is 32.7 Å². The van der Waals surface area contributed by atoms with Crippen molar-refractivity contribution in [3.63, 3.8) is 0 Å². The van der Waals surface area contributed by atoms with E-state index in [4.69, 9.17) is 23.2 Å². The van der Waals surface area contributed by atoms with Gasteiger partial charge in [-0.05, 0) is 33.1 Å². The van der Waals surface area contributed by atoms with Crippen LogP contribution in [0, 0.1) is 28.2 Å². The molecule has 0 fully saturated rings. The van der Waals surface area contributed by atoms with Crippen molar-refractivity contribution in [1.29, 1.82) is 0 Å². The minimum Gasteiger partial charge on any atom is -1.00 e. The molecule has 3 aliphatic carbocycles. The molecule has 0 amide bonds. The van der Waals surface area contributed by atoms with Crippen LogP contribution in [0.1, 0.15) is 130 Å². The molecule has 5 heteroatoms. The van der Waals surface area contributed by atoms with Crippen LogP contribution in [-0.4, -0.2) is 7.42 Å². The van der Waals surface area contributed by atoms with Crippen molar-refractivity contribution in [1.82, 2.24) is 0 Å². The predicted octanol–water partition coefficient (Wildman–Crippen LogP) is 10.2. The van der Waals surface area contributed by atoms with Gasteiger partial charge in [0.1, 0.15) is 0 Å². The van der Waals surface area contributed by atoms with Gasteiger partial charge < -0.3 is 24.8 Å². The van der Waals surface area contributed by atoms with Gasteiger partial charge in [-0.2, -0.15) is 11.6 Å². The summed E-state index contributed by atoms with van der Waals surface area (Å²) in [4.78, 5) is 0. The molecule has 1 unspecified atom stereocenters. The van der Waals surface area contributed by atoms with E-state index < -0.39 is 22.3 Å². The van der Waals surface area contributed by atoms with E-state index in [1.54, 1.807) is 0 Å². The average Bonchev–Trinajstić information content (AvgIpc) is 3.86. The van der Waals surface area contributed by atoms with Crippen molar-refractivity contribution in [2.45, 2.75) is 108 Å². The van der Waals surface area contributed by atoms with E-state index in [0.717, 1.165) is 10.0 Å². The Morgan fingerprint density at radius 3 is 1.28 bits per heavy atom. The molecule has 0 heterocycles.